The molecule has 0 saturated heterocycles. The van der Waals surface area contributed by atoms with Gasteiger partial charge in [-0.25, -0.2) is 0 Å². The standard InChI is InChI=1S/C36H46N4.Al/c1-9-21-22(10-2)30-18-32-25(13-5)26(14-6)34(39-32)20-36-28(16-8)27(15-7)35(40-36)19-33-24(12-4)23(11-3)31(38-33)17-29(21)37-30;/h17-20,29,38H,9-16H2,1-8H3;/q-2;+3/b30-18?,31-17-,33-19?,36-20?;/t29-;/m0./s1. The summed E-state index contributed by atoms with van der Waals surface area (Å²) in [5.41, 5.74) is 18.6. The molecule has 6 bridgehead atoms. The number of nitrogens with zero attached hydrogens (tertiary/aromatic N) is 3. The van der Waals surface area contributed by atoms with Gasteiger partial charge in [-0.2, -0.15) is 0 Å². The summed E-state index contributed by atoms with van der Waals surface area (Å²) >= 11 is -0.143. The number of rotatable bonds is 8. The molecule has 1 atom stereocenters. The number of nitrogens with one attached hydrogen (secondary N) is 1. The number of aromatic nitrogens is 3. The van der Waals surface area contributed by atoms with Crippen molar-refractivity contribution in [3.63, 3.8) is 0 Å². The van der Waals surface area contributed by atoms with E-state index in [9.17, 15) is 0 Å². The van der Waals surface area contributed by atoms with Crippen LogP contribution < -0.4 is 10.7 Å². The van der Waals surface area contributed by atoms with Gasteiger partial charge in [0, 0.05) is 0 Å². The van der Waals surface area contributed by atoms with Gasteiger partial charge in [0.25, 0.3) is 0 Å². The molecule has 1 N–H and O–H groups in total. The molecule has 0 amide bonds. The molecule has 0 saturated carbocycles. The number of hydrogen-bond acceptors (Lipinski definition) is 1. The van der Waals surface area contributed by atoms with Crippen LogP contribution in [0.5, 0.6) is 0 Å². The Morgan fingerprint density at radius 1 is 0.707 bits per heavy atom. The molecule has 41 heavy (non-hydrogen) atoms. The van der Waals surface area contributed by atoms with E-state index in [-0.39, 0.29) is 15.2 Å². The molecular weight excluding hydrogens is 515 g/mol. The summed E-state index contributed by atoms with van der Waals surface area (Å²) < 4.78 is 5.46. The summed E-state index contributed by atoms with van der Waals surface area (Å²) in [6.45, 7) is 18.6. The van der Waals surface area contributed by atoms with Gasteiger partial charge in [0.1, 0.15) is 0 Å². The monoisotopic (exact) mass is 561 g/mol. The zero-order valence-electron chi connectivity index (χ0n) is 26.5. The van der Waals surface area contributed by atoms with E-state index in [0.29, 0.717) is 6.04 Å². The molecule has 0 radical (unpaired) electrons. The van der Waals surface area contributed by atoms with Crippen LogP contribution in [0.3, 0.4) is 0 Å². The Labute approximate surface area is 252 Å². The van der Waals surface area contributed by atoms with Crippen molar-refractivity contribution in [3.05, 3.63) is 72.8 Å². The third kappa shape index (κ3) is 4.18. The molecule has 0 spiro atoms. The average molecular weight is 562 g/mol. The molecule has 0 aliphatic carbocycles. The van der Waals surface area contributed by atoms with Crippen LogP contribution in [0.15, 0.2) is 33.5 Å². The predicted octanol–water partition coefficient (Wildman–Crippen LogP) is 7.25. The number of H-pyrrole nitrogens is 1. The van der Waals surface area contributed by atoms with Gasteiger partial charge in [-0.05, 0) is 0 Å². The van der Waals surface area contributed by atoms with E-state index in [4.69, 9.17) is 4.99 Å². The molecule has 3 aromatic heterocycles. The Morgan fingerprint density at radius 2 is 1.37 bits per heavy atom. The second kappa shape index (κ2) is 11.2. The summed E-state index contributed by atoms with van der Waals surface area (Å²) in [6, 6.07) is 2.85. The van der Waals surface area contributed by atoms with Crippen LogP contribution in [0, 0.1) is 0 Å². The van der Waals surface area contributed by atoms with Gasteiger partial charge in [-0.3, -0.25) is 0 Å². The zero-order valence-corrected chi connectivity index (χ0v) is 27.6. The van der Waals surface area contributed by atoms with E-state index in [1.54, 1.807) is 11.1 Å². The van der Waals surface area contributed by atoms with Crippen LogP contribution in [0.2, 0.25) is 0 Å². The van der Waals surface area contributed by atoms with Crippen LogP contribution in [-0.4, -0.2) is 32.8 Å². The van der Waals surface area contributed by atoms with Crippen molar-refractivity contribution in [2.24, 2.45) is 4.99 Å². The Morgan fingerprint density at radius 3 is 1.98 bits per heavy atom. The molecule has 6 heterocycles. The molecule has 0 fully saturated rings. The molecule has 6 rings (SSSR count). The van der Waals surface area contributed by atoms with Crippen molar-refractivity contribution in [2.45, 2.75) is 113 Å². The first-order chi connectivity index (χ1) is 20.0. The first-order valence-electron chi connectivity index (χ1n) is 16.3. The van der Waals surface area contributed by atoms with Gasteiger partial charge < -0.3 is 0 Å². The normalized spacial score (nSPS) is 18.5. The molecular formula is C36H46AlN4+. The van der Waals surface area contributed by atoms with Crippen LogP contribution in [0.25, 0.3) is 29.3 Å². The Hall–Kier alpha value is -2.74. The third-order valence-corrected chi connectivity index (χ3v) is 11.5. The predicted molar refractivity (Wildman–Crippen MR) is 177 cm³/mol. The van der Waals surface area contributed by atoms with Gasteiger partial charge in [-0.15, -0.1) is 0 Å². The van der Waals surface area contributed by atoms with E-state index >= 15 is 0 Å². The average Bonchev–Trinajstić information content (AvgIpc) is 3.68. The van der Waals surface area contributed by atoms with Crippen molar-refractivity contribution in [3.8, 4) is 0 Å². The van der Waals surface area contributed by atoms with E-state index in [1.807, 2.05) is 0 Å². The SMILES string of the molecule is CCC1=C(CC)C2=NC1=Cc1c(CC)c(CC)c3cc4[n]([Al+][n]13)[C@@H](/C=c1\[nH]c(c(CC)c1CC)=C2)C(CC)=C4CC. The Bertz CT molecular complexity index is 1820. The van der Waals surface area contributed by atoms with Crippen LogP contribution in [0.1, 0.15) is 121 Å². The maximum absolute atomic E-state index is 5.39. The summed E-state index contributed by atoms with van der Waals surface area (Å²) in [7, 11) is 0. The van der Waals surface area contributed by atoms with Gasteiger partial charge >= 0.3 is 253 Å². The second-order valence-electron chi connectivity index (χ2n) is 11.6. The minimum absolute atomic E-state index is 0.143. The molecule has 3 aliphatic heterocycles. The Balaban J connectivity index is 1.82. The van der Waals surface area contributed by atoms with Crippen LogP contribution in [0.4, 0.5) is 0 Å². The summed E-state index contributed by atoms with van der Waals surface area (Å²) in [6.07, 6.45) is 15.7. The Kier molecular flexibility index (Phi) is 7.73. The van der Waals surface area contributed by atoms with Crippen molar-refractivity contribution in [1.82, 2.24) is 11.9 Å². The van der Waals surface area contributed by atoms with Gasteiger partial charge in [0.15, 0.2) is 0 Å². The van der Waals surface area contributed by atoms with E-state index in [0.717, 1.165) is 57.1 Å². The van der Waals surface area contributed by atoms with Crippen molar-refractivity contribution in [1.29, 1.82) is 0 Å². The summed E-state index contributed by atoms with van der Waals surface area (Å²) in [5, 5.41) is 2.56. The van der Waals surface area contributed by atoms with E-state index in [2.05, 4.69) is 91.6 Å². The molecule has 0 unspecified atom stereocenters. The van der Waals surface area contributed by atoms with Crippen LogP contribution >= 0.6 is 0 Å². The zero-order chi connectivity index (χ0) is 29.0. The number of allylic oxidation sites excluding steroid dienone is 4. The number of hydrogen-bond donors (Lipinski definition) is 1. The quantitative estimate of drug-likeness (QED) is 0.281. The number of fused-ring (bicyclic) bond motifs is 3. The van der Waals surface area contributed by atoms with E-state index < -0.39 is 0 Å². The number of aromatic amines is 1. The molecule has 4 nitrogen and oxygen atoms in total. The molecule has 0 aromatic carbocycles. The fraction of sp³-hybridized carbons (Fsp3) is 0.472. The van der Waals surface area contributed by atoms with Crippen LogP contribution in [-0.2, 0) is 25.7 Å². The number of aliphatic imine (C=N–C) groups is 1. The fourth-order valence-corrected chi connectivity index (χ4v) is 9.78. The molecule has 3 aliphatic rings. The third-order valence-electron chi connectivity index (χ3n) is 9.89. The topological polar surface area (TPSA) is 37.5 Å². The van der Waals surface area contributed by atoms with E-state index in [1.165, 1.54) is 66.7 Å². The minimum atomic E-state index is -0.143. The molecule has 3 aromatic rings. The molecule has 5 heteroatoms. The summed E-state index contributed by atoms with van der Waals surface area (Å²) in [4.78, 5) is 9.33. The first-order valence-corrected chi connectivity index (χ1v) is 17.3. The van der Waals surface area contributed by atoms with Gasteiger partial charge in [0.2, 0.25) is 0 Å². The maximum atomic E-state index is 5.39. The van der Waals surface area contributed by atoms with Gasteiger partial charge in [-0.1, -0.05) is 0 Å². The molecule has 212 valence electrons. The first kappa shape index (κ1) is 28.4. The fourth-order valence-electron chi connectivity index (χ4n) is 8.05. The van der Waals surface area contributed by atoms with Crippen molar-refractivity contribution >= 4 is 50.3 Å². The second-order valence-corrected chi connectivity index (χ2v) is 12.9. The summed E-state index contributed by atoms with van der Waals surface area (Å²) in [5.74, 6) is 0. The number of aryl methyl sites for hydroxylation is 1. The van der Waals surface area contributed by atoms with Crippen molar-refractivity contribution in [2.75, 3.05) is 0 Å². The van der Waals surface area contributed by atoms with Crippen molar-refractivity contribution < 1.29 is 0 Å². The van der Waals surface area contributed by atoms with Gasteiger partial charge in [0.05, 0.1) is 0 Å².